The first-order chi connectivity index (χ1) is 9.30. The summed E-state index contributed by atoms with van der Waals surface area (Å²) < 4.78 is 32.8. The SMILES string of the molecule is CCOCC(=O)N1CC(F)(F)CC2(CCN(C)C2=O)C1. The maximum Gasteiger partial charge on any atom is 0.266 e. The van der Waals surface area contributed by atoms with Crippen molar-refractivity contribution in [2.75, 3.05) is 39.9 Å². The standard InChI is InChI=1S/C13H20F2N2O3/c1-3-20-6-10(18)17-8-12(7-13(14,15)9-17)4-5-16(2)11(12)19/h3-9H2,1-2H3. The molecule has 2 saturated heterocycles. The van der Waals surface area contributed by atoms with Crippen molar-refractivity contribution in [3.05, 3.63) is 0 Å². The number of alkyl halides is 2. The monoisotopic (exact) mass is 290 g/mol. The second-order valence-electron chi connectivity index (χ2n) is 5.68. The first-order valence-corrected chi connectivity index (χ1v) is 6.79. The molecule has 0 aromatic heterocycles. The van der Waals surface area contributed by atoms with Gasteiger partial charge >= 0.3 is 0 Å². The van der Waals surface area contributed by atoms with E-state index in [2.05, 4.69) is 0 Å². The highest BCUT2D eigenvalue weighted by Gasteiger charge is 2.56. The summed E-state index contributed by atoms with van der Waals surface area (Å²) in [4.78, 5) is 26.6. The molecule has 2 amide bonds. The molecule has 2 aliphatic rings. The van der Waals surface area contributed by atoms with Gasteiger partial charge in [-0.3, -0.25) is 9.59 Å². The van der Waals surface area contributed by atoms with Crippen molar-refractivity contribution >= 4 is 11.8 Å². The van der Waals surface area contributed by atoms with Crippen molar-refractivity contribution in [2.45, 2.75) is 25.7 Å². The van der Waals surface area contributed by atoms with Crippen LogP contribution in [-0.2, 0) is 14.3 Å². The summed E-state index contributed by atoms with van der Waals surface area (Å²) >= 11 is 0. The highest BCUT2D eigenvalue weighted by atomic mass is 19.3. The lowest BCUT2D eigenvalue weighted by atomic mass is 9.77. The predicted molar refractivity (Wildman–Crippen MR) is 67.3 cm³/mol. The zero-order valence-corrected chi connectivity index (χ0v) is 11.8. The molecule has 0 saturated carbocycles. The molecule has 2 fully saturated rings. The predicted octanol–water partition coefficient (Wildman–Crippen LogP) is 0.739. The minimum atomic E-state index is -3.03. The molecule has 0 aromatic rings. The van der Waals surface area contributed by atoms with E-state index in [0.717, 1.165) is 4.90 Å². The van der Waals surface area contributed by atoms with E-state index in [0.29, 0.717) is 19.6 Å². The van der Waals surface area contributed by atoms with E-state index in [1.54, 1.807) is 14.0 Å². The van der Waals surface area contributed by atoms with Gasteiger partial charge in [0.2, 0.25) is 11.8 Å². The average molecular weight is 290 g/mol. The van der Waals surface area contributed by atoms with Crippen LogP contribution < -0.4 is 0 Å². The first kappa shape index (κ1) is 15.2. The molecular formula is C13H20F2N2O3. The Hall–Kier alpha value is -1.24. The summed E-state index contributed by atoms with van der Waals surface area (Å²) in [6.45, 7) is 1.77. The Morgan fingerprint density at radius 2 is 2.10 bits per heavy atom. The number of hydrogen-bond acceptors (Lipinski definition) is 3. The first-order valence-electron chi connectivity index (χ1n) is 6.79. The minimum absolute atomic E-state index is 0.0671. The normalized spacial score (nSPS) is 29.3. The number of halogens is 2. The minimum Gasteiger partial charge on any atom is -0.372 e. The fourth-order valence-electron chi connectivity index (χ4n) is 3.07. The zero-order valence-electron chi connectivity index (χ0n) is 11.8. The molecule has 114 valence electrons. The maximum atomic E-state index is 13.9. The Bertz CT molecular complexity index is 416. The molecule has 5 nitrogen and oxygen atoms in total. The summed E-state index contributed by atoms with van der Waals surface area (Å²) in [5.41, 5.74) is -1.13. The second-order valence-corrected chi connectivity index (χ2v) is 5.68. The van der Waals surface area contributed by atoms with Gasteiger partial charge in [-0.2, -0.15) is 0 Å². The third-order valence-corrected chi connectivity index (χ3v) is 4.02. The van der Waals surface area contributed by atoms with Gasteiger partial charge in [-0.05, 0) is 13.3 Å². The topological polar surface area (TPSA) is 49.9 Å². The average Bonchev–Trinajstić information content (AvgIpc) is 2.62. The van der Waals surface area contributed by atoms with Crippen molar-refractivity contribution in [2.24, 2.45) is 5.41 Å². The molecule has 7 heteroatoms. The Morgan fingerprint density at radius 1 is 1.40 bits per heavy atom. The molecular weight excluding hydrogens is 270 g/mol. The van der Waals surface area contributed by atoms with Gasteiger partial charge in [0.25, 0.3) is 5.92 Å². The number of ether oxygens (including phenoxy) is 1. The van der Waals surface area contributed by atoms with Crippen LogP contribution in [0.15, 0.2) is 0 Å². The van der Waals surface area contributed by atoms with Crippen molar-refractivity contribution in [3.8, 4) is 0 Å². The van der Waals surface area contributed by atoms with Crippen LogP contribution in [-0.4, -0.2) is 67.4 Å². The van der Waals surface area contributed by atoms with Crippen LogP contribution in [0.4, 0.5) is 8.78 Å². The lowest BCUT2D eigenvalue weighted by molar-refractivity contribution is -0.165. The van der Waals surface area contributed by atoms with Gasteiger partial charge in [0, 0.05) is 33.2 Å². The molecule has 0 radical (unpaired) electrons. The van der Waals surface area contributed by atoms with Gasteiger partial charge < -0.3 is 14.5 Å². The smallest absolute Gasteiger partial charge is 0.266 e. The molecule has 0 aliphatic carbocycles. The Labute approximate surface area is 116 Å². The van der Waals surface area contributed by atoms with E-state index in [4.69, 9.17) is 4.74 Å². The summed E-state index contributed by atoms with van der Waals surface area (Å²) in [7, 11) is 1.61. The van der Waals surface area contributed by atoms with Crippen molar-refractivity contribution in [3.63, 3.8) is 0 Å². The number of rotatable bonds is 3. The summed E-state index contributed by atoms with van der Waals surface area (Å²) in [6, 6.07) is 0. The van der Waals surface area contributed by atoms with Crippen LogP contribution in [0.2, 0.25) is 0 Å². The van der Waals surface area contributed by atoms with Crippen LogP contribution in [0.1, 0.15) is 19.8 Å². The van der Waals surface area contributed by atoms with Crippen LogP contribution in [0.3, 0.4) is 0 Å². The highest BCUT2D eigenvalue weighted by Crippen LogP contribution is 2.45. The number of hydrogen-bond donors (Lipinski definition) is 0. The van der Waals surface area contributed by atoms with Crippen molar-refractivity contribution in [1.29, 1.82) is 0 Å². The lowest BCUT2D eigenvalue weighted by Gasteiger charge is -2.42. The quantitative estimate of drug-likeness (QED) is 0.770. The van der Waals surface area contributed by atoms with E-state index in [1.165, 1.54) is 4.90 Å². The van der Waals surface area contributed by atoms with Crippen LogP contribution in [0, 0.1) is 5.41 Å². The van der Waals surface area contributed by atoms with Crippen LogP contribution in [0.5, 0.6) is 0 Å². The highest BCUT2D eigenvalue weighted by molar-refractivity contribution is 5.86. The second kappa shape index (κ2) is 5.27. The summed E-state index contributed by atoms with van der Waals surface area (Å²) in [5, 5.41) is 0. The molecule has 1 unspecified atom stereocenters. The van der Waals surface area contributed by atoms with E-state index >= 15 is 0 Å². The summed E-state index contributed by atoms with van der Waals surface area (Å²) in [6.07, 6.45) is -0.0993. The van der Waals surface area contributed by atoms with Crippen LogP contribution >= 0.6 is 0 Å². The van der Waals surface area contributed by atoms with Gasteiger partial charge in [-0.15, -0.1) is 0 Å². The van der Waals surface area contributed by atoms with Gasteiger partial charge in [0.15, 0.2) is 0 Å². The largest absolute Gasteiger partial charge is 0.372 e. The zero-order chi connectivity index (χ0) is 15.0. The third-order valence-electron chi connectivity index (χ3n) is 4.02. The Balaban J connectivity index is 2.16. The number of nitrogens with zero attached hydrogens (tertiary/aromatic N) is 2. The van der Waals surface area contributed by atoms with E-state index in [9.17, 15) is 18.4 Å². The fraction of sp³-hybridized carbons (Fsp3) is 0.846. The van der Waals surface area contributed by atoms with E-state index in [1.807, 2.05) is 0 Å². The molecule has 0 N–H and O–H groups in total. The Kier molecular flexibility index (Phi) is 4.00. The van der Waals surface area contributed by atoms with Crippen molar-refractivity contribution < 1.29 is 23.1 Å². The van der Waals surface area contributed by atoms with E-state index in [-0.39, 0.29) is 19.1 Å². The van der Waals surface area contributed by atoms with Gasteiger partial charge in [-0.1, -0.05) is 0 Å². The molecule has 0 bridgehead atoms. The number of carbonyl (C=O) groups is 2. The number of carbonyl (C=O) groups excluding carboxylic acids is 2. The lowest BCUT2D eigenvalue weighted by Crippen LogP contribution is -2.57. The third kappa shape index (κ3) is 2.77. The van der Waals surface area contributed by atoms with E-state index < -0.39 is 30.2 Å². The van der Waals surface area contributed by atoms with Gasteiger partial charge in [0.05, 0.1) is 12.0 Å². The number of amides is 2. The Morgan fingerprint density at radius 3 is 2.65 bits per heavy atom. The molecule has 1 atom stereocenters. The number of piperidine rings is 1. The molecule has 2 heterocycles. The summed E-state index contributed by atoms with van der Waals surface area (Å²) in [5.74, 6) is -3.79. The molecule has 2 rings (SSSR count). The molecule has 20 heavy (non-hydrogen) atoms. The molecule has 0 aromatic carbocycles. The maximum absolute atomic E-state index is 13.9. The fourth-order valence-corrected chi connectivity index (χ4v) is 3.07. The molecule has 2 aliphatic heterocycles. The van der Waals surface area contributed by atoms with Gasteiger partial charge in [-0.25, -0.2) is 8.78 Å². The number of likely N-dealkylation sites (tertiary alicyclic amines) is 2. The van der Waals surface area contributed by atoms with Crippen molar-refractivity contribution in [1.82, 2.24) is 9.80 Å². The molecule has 1 spiro atoms. The van der Waals surface area contributed by atoms with Gasteiger partial charge in [0.1, 0.15) is 6.61 Å². The van der Waals surface area contributed by atoms with Crippen LogP contribution in [0.25, 0.3) is 0 Å².